The standard InChI is InChI=1S/C23H16ClF4N5O3/c1-11(34)31-12-5-3-6-13(9-12)33-21(23(26,27)28)14(10-30-33)20-18(22(35)29-2)19(32-36-20)17-15(24)7-4-8-16(17)25/h3-10H,1-2H3,(H,29,35)(H,31,34). The highest BCUT2D eigenvalue weighted by Gasteiger charge is 2.42. The van der Waals surface area contributed by atoms with Crippen LogP contribution in [0.15, 0.2) is 53.2 Å². The molecule has 13 heteroatoms. The van der Waals surface area contributed by atoms with Gasteiger partial charge < -0.3 is 15.2 Å². The number of carbonyl (C=O) groups is 2. The average Bonchev–Trinajstić information content (AvgIpc) is 3.43. The first-order chi connectivity index (χ1) is 17.0. The van der Waals surface area contributed by atoms with Gasteiger partial charge in [0.25, 0.3) is 5.91 Å². The van der Waals surface area contributed by atoms with Crippen molar-refractivity contribution in [2.75, 3.05) is 12.4 Å². The number of halogens is 5. The zero-order chi connectivity index (χ0) is 26.2. The number of alkyl halides is 3. The van der Waals surface area contributed by atoms with Gasteiger partial charge in [0, 0.05) is 19.7 Å². The maximum atomic E-state index is 14.6. The predicted octanol–water partition coefficient (Wildman–Crippen LogP) is 5.32. The van der Waals surface area contributed by atoms with Crippen LogP contribution in [0.4, 0.5) is 23.2 Å². The van der Waals surface area contributed by atoms with E-state index in [-0.39, 0.29) is 27.7 Å². The number of rotatable bonds is 5. The number of nitrogens with zero attached hydrogens (tertiary/aromatic N) is 3. The van der Waals surface area contributed by atoms with E-state index in [0.717, 1.165) is 12.3 Å². The van der Waals surface area contributed by atoms with Gasteiger partial charge in [-0.3, -0.25) is 9.59 Å². The van der Waals surface area contributed by atoms with E-state index in [1.165, 1.54) is 50.4 Å². The van der Waals surface area contributed by atoms with Crippen LogP contribution in [0.1, 0.15) is 23.0 Å². The van der Waals surface area contributed by atoms with Gasteiger partial charge in [0.05, 0.1) is 28.0 Å². The molecule has 186 valence electrons. The van der Waals surface area contributed by atoms with Crippen molar-refractivity contribution >= 4 is 29.1 Å². The lowest BCUT2D eigenvalue weighted by Crippen LogP contribution is -2.20. The van der Waals surface area contributed by atoms with E-state index in [9.17, 15) is 27.2 Å². The Morgan fingerprint density at radius 3 is 2.50 bits per heavy atom. The smallest absolute Gasteiger partial charge is 0.355 e. The van der Waals surface area contributed by atoms with E-state index in [0.29, 0.717) is 4.68 Å². The van der Waals surface area contributed by atoms with Crippen molar-refractivity contribution < 1.29 is 31.7 Å². The van der Waals surface area contributed by atoms with Gasteiger partial charge in [-0.05, 0) is 30.3 Å². The van der Waals surface area contributed by atoms with Crippen molar-refractivity contribution in [1.82, 2.24) is 20.3 Å². The number of hydrogen-bond acceptors (Lipinski definition) is 5. The van der Waals surface area contributed by atoms with Crippen molar-refractivity contribution in [2.45, 2.75) is 13.1 Å². The number of carbonyl (C=O) groups excluding carboxylic acids is 2. The van der Waals surface area contributed by atoms with E-state index < -0.39 is 46.4 Å². The molecule has 0 fully saturated rings. The summed E-state index contributed by atoms with van der Waals surface area (Å²) in [6, 6.07) is 9.29. The fraction of sp³-hybridized carbons (Fsp3) is 0.130. The first-order valence-electron chi connectivity index (χ1n) is 10.2. The maximum absolute atomic E-state index is 14.6. The molecule has 0 saturated heterocycles. The molecular weight excluding hydrogens is 506 g/mol. The zero-order valence-corrected chi connectivity index (χ0v) is 19.3. The summed E-state index contributed by atoms with van der Waals surface area (Å²) in [5.74, 6) is -2.73. The van der Waals surface area contributed by atoms with Gasteiger partial charge in [0.15, 0.2) is 11.5 Å². The molecule has 36 heavy (non-hydrogen) atoms. The molecule has 0 bridgehead atoms. The number of aromatic nitrogens is 3. The van der Waals surface area contributed by atoms with E-state index in [2.05, 4.69) is 20.9 Å². The summed E-state index contributed by atoms with van der Waals surface area (Å²) in [5, 5.41) is 12.2. The topological polar surface area (TPSA) is 102 Å². The highest BCUT2D eigenvalue weighted by Crippen LogP contribution is 2.43. The summed E-state index contributed by atoms with van der Waals surface area (Å²) in [5.41, 5.74) is -2.82. The minimum Gasteiger partial charge on any atom is -0.355 e. The number of amides is 2. The lowest BCUT2D eigenvalue weighted by atomic mass is 10.0. The molecule has 8 nitrogen and oxygen atoms in total. The molecule has 4 aromatic rings. The molecule has 0 atom stereocenters. The Bertz CT molecular complexity index is 1460. The van der Waals surface area contributed by atoms with Crippen molar-refractivity contribution in [2.24, 2.45) is 0 Å². The largest absolute Gasteiger partial charge is 0.434 e. The Hall–Kier alpha value is -4.19. The second-order valence-electron chi connectivity index (χ2n) is 7.46. The molecule has 0 aliphatic heterocycles. The van der Waals surface area contributed by atoms with Gasteiger partial charge in [-0.2, -0.15) is 18.3 Å². The summed E-state index contributed by atoms with van der Waals surface area (Å²) in [6.45, 7) is 1.25. The van der Waals surface area contributed by atoms with E-state index in [1.807, 2.05) is 0 Å². The van der Waals surface area contributed by atoms with Gasteiger partial charge in [-0.15, -0.1) is 0 Å². The molecule has 0 aliphatic rings. The van der Waals surface area contributed by atoms with Crippen LogP contribution in [-0.4, -0.2) is 33.8 Å². The quantitative estimate of drug-likeness (QED) is 0.346. The summed E-state index contributed by atoms with van der Waals surface area (Å²) >= 11 is 6.10. The van der Waals surface area contributed by atoms with Crippen molar-refractivity contribution in [3.8, 4) is 28.3 Å². The number of nitrogens with one attached hydrogen (secondary N) is 2. The van der Waals surface area contributed by atoms with E-state index in [4.69, 9.17) is 16.1 Å². The van der Waals surface area contributed by atoms with Crippen molar-refractivity contribution in [3.63, 3.8) is 0 Å². The Labute approximate surface area is 205 Å². The first kappa shape index (κ1) is 24.9. The molecule has 2 aromatic carbocycles. The van der Waals surface area contributed by atoms with Gasteiger partial charge in [-0.25, -0.2) is 9.07 Å². The second-order valence-corrected chi connectivity index (χ2v) is 7.87. The first-order valence-corrected chi connectivity index (χ1v) is 10.6. The fourth-order valence-corrected chi connectivity index (χ4v) is 3.86. The van der Waals surface area contributed by atoms with Crippen LogP contribution in [0.25, 0.3) is 28.3 Å². The summed E-state index contributed by atoms with van der Waals surface area (Å²) < 4.78 is 63.3. The molecule has 2 aromatic heterocycles. The van der Waals surface area contributed by atoms with Gasteiger partial charge in [-0.1, -0.05) is 28.9 Å². The maximum Gasteiger partial charge on any atom is 0.434 e. The van der Waals surface area contributed by atoms with E-state index in [1.54, 1.807) is 0 Å². The molecule has 0 aliphatic carbocycles. The molecule has 0 saturated carbocycles. The minimum absolute atomic E-state index is 0.0294. The highest BCUT2D eigenvalue weighted by molar-refractivity contribution is 6.33. The molecule has 0 unspecified atom stereocenters. The lowest BCUT2D eigenvalue weighted by Gasteiger charge is -2.13. The molecular formula is C23H16ClF4N5O3. The molecule has 2 heterocycles. The molecule has 4 rings (SSSR count). The van der Waals surface area contributed by atoms with Crippen LogP contribution < -0.4 is 10.6 Å². The lowest BCUT2D eigenvalue weighted by molar-refractivity contribution is -0.142. The van der Waals surface area contributed by atoms with Gasteiger partial charge in [0.1, 0.15) is 17.1 Å². The third-order valence-electron chi connectivity index (χ3n) is 5.04. The molecule has 0 radical (unpaired) electrons. The SMILES string of the molecule is CNC(=O)c1c(-c2c(F)cccc2Cl)noc1-c1cnn(-c2cccc(NC(C)=O)c2)c1C(F)(F)F. The Kier molecular flexibility index (Phi) is 6.55. The minimum atomic E-state index is -4.97. The Morgan fingerprint density at radius 1 is 1.14 bits per heavy atom. The van der Waals surface area contributed by atoms with Crippen LogP contribution in [0.3, 0.4) is 0 Å². The summed E-state index contributed by atoms with van der Waals surface area (Å²) in [6.07, 6.45) is -4.12. The third kappa shape index (κ3) is 4.54. The van der Waals surface area contributed by atoms with Crippen LogP contribution in [0.2, 0.25) is 5.02 Å². The van der Waals surface area contributed by atoms with Crippen LogP contribution in [0, 0.1) is 5.82 Å². The van der Waals surface area contributed by atoms with E-state index >= 15 is 0 Å². The molecule has 2 N–H and O–H groups in total. The molecule has 2 amide bonds. The molecule has 0 spiro atoms. The second kappa shape index (κ2) is 9.46. The normalized spacial score (nSPS) is 11.4. The monoisotopic (exact) mass is 521 g/mol. The van der Waals surface area contributed by atoms with Gasteiger partial charge >= 0.3 is 6.18 Å². The van der Waals surface area contributed by atoms with Crippen LogP contribution in [-0.2, 0) is 11.0 Å². The zero-order valence-electron chi connectivity index (χ0n) is 18.6. The summed E-state index contributed by atoms with van der Waals surface area (Å²) in [7, 11) is 1.24. The van der Waals surface area contributed by atoms with Crippen LogP contribution in [0.5, 0.6) is 0 Å². The Morgan fingerprint density at radius 2 is 1.86 bits per heavy atom. The van der Waals surface area contributed by atoms with Crippen molar-refractivity contribution in [3.05, 3.63) is 70.8 Å². The Balaban J connectivity index is 1.96. The number of anilines is 1. The van der Waals surface area contributed by atoms with Crippen LogP contribution >= 0.6 is 11.6 Å². The fourth-order valence-electron chi connectivity index (χ4n) is 3.61. The summed E-state index contributed by atoms with van der Waals surface area (Å²) in [4.78, 5) is 24.1. The number of benzene rings is 2. The number of hydrogen-bond donors (Lipinski definition) is 2. The predicted molar refractivity (Wildman–Crippen MR) is 122 cm³/mol. The van der Waals surface area contributed by atoms with Crippen molar-refractivity contribution in [1.29, 1.82) is 0 Å². The third-order valence-corrected chi connectivity index (χ3v) is 5.35. The highest BCUT2D eigenvalue weighted by atomic mass is 35.5. The average molecular weight is 522 g/mol. The van der Waals surface area contributed by atoms with Gasteiger partial charge in [0.2, 0.25) is 5.91 Å².